The topological polar surface area (TPSA) is 3.24 Å². The van der Waals surface area contributed by atoms with Gasteiger partial charge in [0.25, 0.3) is 0 Å². The summed E-state index contributed by atoms with van der Waals surface area (Å²) in [5.74, 6) is 0.998. The van der Waals surface area contributed by atoms with Gasteiger partial charge in [0.05, 0.1) is 0 Å². The second kappa shape index (κ2) is 3.52. The first-order valence-electron chi connectivity index (χ1n) is 6.62. The van der Waals surface area contributed by atoms with Gasteiger partial charge >= 0.3 is 0 Å². The van der Waals surface area contributed by atoms with Gasteiger partial charge in [-0.05, 0) is 44.4 Å². The molecule has 0 unspecified atom stereocenters. The molecule has 0 saturated carbocycles. The van der Waals surface area contributed by atoms with Gasteiger partial charge in [-0.15, -0.1) is 0 Å². The highest BCUT2D eigenvalue weighted by Crippen LogP contribution is 2.41. The molecule has 80 valence electrons. The molecule has 0 spiro atoms. The van der Waals surface area contributed by atoms with Gasteiger partial charge < -0.3 is 0 Å². The van der Waals surface area contributed by atoms with Gasteiger partial charge in [0.15, 0.2) is 0 Å². The van der Waals surface area contributed by atoms with Crippen molar-refractivity contribution in [2.75, 3.05) is 0 Å². The summed E-state index contributed by atoms with van der Waals surface area (Å²) in [6.07, 6.45) is 12.0. The SMILES string of the molecule is CC1C[C@H]2CCCC3CCC[C@H](C1)N32. The molecule has 0 radical (unpaired) electrons. The third-order valence-electron chi connectivity index (χ3n) is 4.76. The minimum Gasteiger partial charge on any atom is -0.294 e. The molecule has 0 amide bonds. The zero-order valence-corrected chi connectivity index (χ0v) is 9.41. The van der Waals surface area contributed by atoms with Crippen LogP contribution in [0.25, 0.3) is 0 Å². The number of piperidine rings is 3. The second-order valence-electron chi connectivity index (χ2n) is 5.85. The van der Waals surface area contributed by atoms with Gasteiger partial charge in [-0.2, -0.15) is 0 Å². The average Bonchev–Trinajstić information content (AvgIpc) is 2.18. The van der Waals surface area contributed by atoms with Crippen molar-refractivity contribution in [3.8, 4) is 0 Å². The van der Waals surface area contributed by atoms with E-state index in [0.717, 1.165) is 24.0 Å². The van der Waals surface area contributed by atoms with E-state index in [1.165, 1.54) is 51.4 Å². The standard InChI is InChI=1S/C13H23N/c1-10-8-12-6-2-4-11-5-3-7-13(9-10)14(11)12/h10-13H,2-9H2,1H3/t10?,11?,12-,13-/m1/s1. The Balaban J connectivity index is 1.82. The van der Waals surface area contributed by atoms with Gasteiger partial charge in [0.1, 0.15) is 0 Å². The molecule has 1 heteroatoms. The van der Waals surface area contributed by atoms with Crippen LogP contribution in [0.3, 0.4) is 0 Å². The highest BCUT2D eigenvalue weighted by molar-refractivity contribution is 4.96. The van der Waals surface area contributed by atoms with Gasteiger partial charge in [-0.3, -0.25) is 4.90 Å². The molecular formula is C13H23N. The first-order chi connectivity index (χ1) is 6.84. The summed E-state index contributed by atoms with van der Waals surface area (Å²) < 4.78 is 0. The summed E-state index contributed by atoms with van der Waals surface area (Å²) >= 11 is 0. The van der Waals surface area contributed by atoms with Crippen molar-refractivity contribution in [2.45, 2.75) is 76.4 Å². The molecule has 0 aromatic heterocycles. The molecule has 3 rings (SSSR count). The Morgan fingerprint density at radius 1 is 0.786 bits per heavy atom. The maximum Gasteiger partial charge on any atom is 0.0104 e. The van der Waals surface area contributed by atoms with Gasteiger partial charge in [-0.25, -0.2) is 0 Å². The lowest BCUT2D eigenvalue weighted by atomic mass is 9.75. The van der Waals surface area contributed by atoms with E-state index in [1.807, 2.05) is 0 Å². The summed E-state index contributed by atoms with van der Waals surface area (Å²) in [6, 6.07) is 2.94. The normalized spacial score (nSPS) is 48.6. The maximum absolute atomic E-state index is 2.94. The Morgan fingerprint density at radius 3 is 1.86 bits per heavy atom. The molecule has 3 fully saturated rings. The predicted octanol–water partition coefficient (Wildman–Crippen LogP) is 3.19. The van der Waals surface area contributed by atoms with E-state index in [0.29, 0.717) is 0 Å². The van der Waals surface area contributed by atoms with E-state index < -0.39 is 0 Å². The Morgan fingerprint density at radius 2 is 1.29 bits per heavy atom. The lowest BCUT2D eigenvalue weighted by Gasteiger charge is -2.54. The summed E-state index contributed by atoms with van der Waals surface area (Å²) in [4.78, 5) is 2.94. The fraction of sp³-hybridized carbons (Fsp3) is 1.00. The van der Waals surface area contributed by atoms with E-state index in [-0.39, 0.29) is 0 Å². The third kappa shape index (κ3) is 1.41. The van der Waals surface area contributed by atoms with Crippen molar-refractivity contribution in [3.63, 3.8) is 0 Å². The van der Waals surface area contributed by atoms with Crippen LogP contribution in [-0.4, -0.2) is 23.0 Å². The predicted molar refractivity (Wildman–Crippen MR) is 59.3 cm³/mol. The number of nitrogens with zero attached hydrogens (tertiary/aromatic N) is 1. The highest BCUT2D eigenvalue weighted by atomic mass is 15.2. The molecule has 0 aliphatic carbocycles. The van der Waals surface area contributed by atoms with Crippen molar-refractivity contribution < 1.29 is 0 Å². The Bertz CT molecular complexity index is 193. The molecule has 3 heterocycles. The Hall–Kier alpha value is -0.0400. The fourth-order valence-corrected chi connectivity index (χ4v) is 4.32. The lowest BCUT2D eigenvalue weighted by molar-refractivity contribution is -0.0409. The Labute approximate surface area is 87.9 Å². The van der Waals surface area contributed by atoms with Crippen molar-refractivity contribution >= 4 is 0 Å². The van der Waals surface area contributed by atoms with Crippen LogP contribution in [0.1, 0.15) is 58.3 Å². The monoisotopic (exact) mass is 193 g/mol. The van der Waals surface area contributed by atoms with Crippen LogP contribution in [0.5, 0.6) is 0 Å². The molecule has 0 bridgehead atoms. The molecule has 0 aromatic rings. The molecular weight excluding hydrogens is 170 g/mol. The zero-order valence-electron chi connectivity index (χ0n) is 9.41. The molecule has 3 aliphatic rings. The molecule has 14 heavy (non-hydrogen) atoms. The molecule has 0 aromatic carbocycles. The molecule has 2 atom stereocenters. The third-order valence-corrected chi connectivity index (χ3v) is 4.76. The minimum absolute atomic E-state index is 0.975. The van der Waals surface area contributed by atoms with E-state index >= 15 is 0 Å². The molecule has 1 nitrogen and oxygen atoms in total. The van der Waals surface area contributed by atoms with Gasteiger partial charge in [0, 0.05) is 18.1 Å². The summed E-state index contributed by atoms with van der Waals surface area (Å²) in [5, 5.41) is 0. The highest BCUT2D eigenvalue weighted by Gasteiger charge is 2.41. The van der Waals surface area contributed by atoms with Gasteiger partial charge in [-0.1, -0.05) is 19.8 Å². The average molecular weight is 193 g/mol. The lowest BCUT2D eigenvalue weighted by Crippen LogP contribution is -2.57. The van der Waals surface area contributed by atoms with E-state index in [2.05, 4.69) is 11.8 Å². The Kier molecular flexibility index (Phi) is 2.31. The van der Waals surface area contributed by atoms with Crippen molar-refractivity contribution in [1.82, 2.24) is 4.90 Å². The molecule has 3 saturated heterocycles. The van der Waals surface area contributed by atoms with Crippen LogP contribution in [0, 0.1) is 5.92 Å². The largest absolute Gasteiger partial charge is 0.294 e. The van der Waals surface area contributed by atoms with Crippen molar-refractivity contribution in [1.29, 1.82) is 0 Å². The maximum atomic E-state index is 2.94. The zero-order chi connectivity index (χ0) is 9.54. The van der Waals surface area contributed by atoms with Crippen molar-refractivity contribution in [2.24, 2.45) is 5.92 Å². The van der Waals surface area contributed by atoms with Crippen LogP contribution in [-0.2, 0) is 0 Å². The summed E-state index contributed by atoms with van der Waals surface area (Å²) in [6.45, 7) is 2.47. The van der Waals surface area contributed by atoms with E-state index in [4.69, 9.17) is 0 Å². The second-order valence-corrected chi connectivity index (χ2v) is 5.85. The smallest absolute Gasteiger partial charge is 0.0104 e. The first-order valence-corrected chi connectivity index (χ1v) is 6.62. The van der Waals surface area contributed by atoms with Crippen LogP contribution < -0.4 is 0 Å². The van der Waals surface area contributed by atoms with Crippen LogP contribution >= 0.6 is 0 Å². The quantitative estimate of drug-likeness (QED) is 0.571. The van der Waals surface area contributed by atoms with Crippen molar-refractivity contribution in [3.05, 3.63) is 0 Å². The first kappa shape index (κ1) is 9.21. The van der Waals surface area contributed by atoms with E-state index in [1.54, 1.807) is 0 Å². The summed E-state index contributed by atoms with van der Waals surface area (Å²) in [7, 11) is 0. The fourth-order valence-electron chi connectivity index (χ4n) is 4.32. The van der Waals surface area contributed by atoms with Crippen LogP contribution in [0.15, 0.2) is 0 Å². The number of rotatable bonds is 0. The molecule has 0 N–H and O–H groups in total. The minimum atomic E-state index is 0.975. The number of hydrogen-bond donors (Lipinski definition) is 0. The van der Waals surface area contributed by atoms with Crippen LogP contribution in [0.4, 0.5) is 0 Å². The van der Waals surface area contributed by atoms with Gasteiger partial charge in [0.2, 0.25) is 0 Å². The molecule has 3 aliphatic heterocycles. The summed E-state index contributed by atoms with van der Waals surface area (Å²) in [5.41, 5.74) is 0. The van der Waals surface area contributed by atoms with E-state index in [9.17, 15) is 0 Å². The number of hydrogen-bond acceptors (Lipinski definition) is 1. The van der Waals surface area contributed by atoms with Crippen LogP contribution in [0.2, 0.25) is 0 Å².